The fraction of sp³-hybridized carbons (Fsp3) is 0.500. The number of nitrogens with two attached hydrogens (primary N) is 1. The number of amides is 1. The number of carbonyl (C=O) groups is 1. The lowest BCUT2D eigenvalue weighted by Crippen LogP contribution is -2.31. The molecule has 0 radical (unpaired) electrons. The summed E-state index contributed by atoms with van der Waals surface area (Å²) in [7, 11) is 1.89. The Morgan fingerprint density at radius 1 is 1.43 bits per heavy atom. The van der Waals surface area contributed by atoms with Crippen molar-refractivity contribution in [3.05, 3.63) is 35.5 Å². The van der Waals surface area contributed by atoms with E-state index >= 15 is 0 Å². The third kappa shape index (κ3) is 3.33. The highest BCUT2D eigenvalue weighted by molar-refractivity contribution is 5.77. The van der Waals surface area contributed by atoms with Crippen molar-refractivity contribution in [1.82, 2.24) is 24.6 Å². The second kappa shape index (κ2) is 6.36. The minimum Gasteiger partial charge on any atom is -0.384 e. The molecule has 0 aliphatic carbocycles. The van der Waals surface area contributed by atoms with Gasteiger partial charge in [-0.2, -0.15) is 5.10 Å². The summed E-state index contributed by atoms with van der Waals surface area (Å²) in [5.41, 5.74) is 7.74. The Morgan fingerprint density at radius 2 is 2.26 bits per heavy atom. The summed E-state index contributed by atoms with van der Waals surface area (Å²) in [5.74, 6) is 1.26. The summed E-state index contributed by atoms with van der Waals surface area (Å²) >= 11 is 0. The van der Waals surface area contributed by atoms with Crippen molar-refractivity contribution in [1.29, 1.82) is 0 Å². The van der Waals surface area contributed by atoms with Crippen LogP contribution in [0.25, 0.3) is 0 Å². The highest BCUT2D eigenvalue weighted by atomic mass is 16.2. The van der Waals surface area contributed by atoms with Crippen LogP contribution in [0.4, 0.5) is 5.82 Å². The Bertz CT molecular complexity index is 690. The molecule has 3 rings (SSSR count). The molecule has 122 valence electrons. The standard InChI is InChI=1S/C16H22N6O/c1-11-19-13(10-15(17)20-11)14-4-3-9-22(14)16(23)6-5-12-7-8-18-21(12)2/h7-8,10,14H,3-6,9H2,1-2H3,(H2,17,19,20). The van der Waals surface area contributed by atoms with Crippen molar-refractivity contribution in [3.8, 4) is 0 Å². The third-order valence-corrected chi connectivity index (χ3v) is 4.31. The van der Waals surface area contributed by atoms with E-state index in [9.17, 15) is 4.79 Å². The maximum atomic E-state index is 12.6. The van der Waals surface area contributed by atoms with Crippen LogP contribution in [-0.2, 0) is 18.3 Å². The van der Waals surface area contributed by atoms with Crippen LogP contribution in [0, 0.1) is 6.92 Å². The van der Waals surface area contributed by atoms with Crippen molar-refractivity contribution in [2.24, 2.45) is 7.05 Å². The maximum Gasteiger partial charge on any atom is 0.223 e. The Labute approximate surface area is 135 Å². The molecule has 0 aromatic carbocycles. The Hall–Kier alpha value is -2.44. The lowest BCUT2D eigenvalue weighted by molar-refractivity contribution is -0.132. The highest BCUT2D eigenvalue weighted by Gasteiger charge is 2.31. The average molecular weight is 314 g/mol. The molecule has 2 aromatic heterocycles. The van der Waals surface area contributed by atoms with E-state index < -0.39 is 0 Å². The van der Waals surface area contributed by atoms with Crippen molar-refractivity contribution < 1.29 is 4.79 Å². The van der Waals surface area contributed by atoms with Gasteiger partial charge in [0.05, 0.1) is 11.7 Å². The predicted octanol–water partition coefficient (Wildman–Crippen LogP) is 1.40. The number of aryl methyl sites for hydroxylation is 3. The van der Waals surface area contributed by atoms with Gasteiger partial charge in [-0.15, -0.1) is 0 Å². The van der Waals surface area contributed by atoms with Gasteiger partial charge in [-0.3, -0.25) is 9.48 Å². The van der Waals surface area contributed by atoms with Gasteiger partial charge < -0.3 is 10.6 Å². The van der Waals surface area contributed by atoms with E-state index in [0.717, 1.165) is 30.8 Å². The van der Waals surface area contributed by atoms with E-state index in [1.54, 1.807) is 12.3 Å². The molecule has 1 aliphatic rings. The minimum absolute atomic E-state index is 0.0121. The van der Waals surface area contributed by atoms with Gasteiger partial charge in [-0.05, 0) is 32.3 Å². The van der Waals surface area contributed by atoms with Gasteiger partial charge in [0.25, 0.3) is 0 Å². The van der Waals surface area contributed by atoms with Crippen LogP contribution in [0.15, 0.2) is 18.3 Å². The minimum atomic E-state index is 0.0121. The number of nitrogen functional groups attached to an aromatic ring is 1. The average Bonchev–Trinajstić information content (AvgIpc) is 3.12. The fourth-order valence-electron chi connectivity index (χ4n) is 3.18. The molecule has 0 saturated carbocycles. The first-order valence-corrected chi connectivity index (χ1v) is 7.92. The van der Waals surface area contributed by atoms with Gasteiger partial charge in [0, 0.05) is 38.0 Å². The van der Waals surface area contributed by atoms with Gasteiger partial charge in [-0.1, -0.05) is 0 Å². The number of hydrogen-bond donors (Lipinski definition) is 1. The molecule has 7 heteroatoms. The van der Waals surface area contributed by atoms with Gasteiger partial charge >= 0.3 is 0 Å². The molecule has 1 unspecified atom stereocenters. The highest BCUT2D eigenvalue weighted by Crippen LogP contribution is 2.32. The van der Waals surface area contributed by atoms with Crippen molar-refractivity contribution in [3.63, 3.8) is 0 Å². The molecule has 2 aromatic rings. The first-order valence-electron chi connectivity index (χ1n) is 7.92. The van der Waals surface area contributed by atoms with Crippen molar-refractivity contribution in [2.45, 2.75) is 38.6 Å². The second-order valence-electron chi connectivity index (χ2n) is 5.96. The Morgan fingerprint density at radius 3 is 2.96 bits per heavy atom. The first-order chi connectivity index (χ1) is 11.0. The first kappa shape index (κ1) is 15.5. The molecule has 23 heavy (non-hydrogen) atoms. The normalized spacial score (nSPS) is 17.7. The molecular formula is C16H22N6O. The van der Waals surface area contributed by atoms with E-state index in [0.29, 0.717) is 24.5 Å². The van der Waals surface area contributed by atoms with Crippen LogP contribution >= 0.6 is 0 Å². The zero-order valence-electron chi connectivity index (χ0n) is 13.6. The molecule has 1 fully saturated rings. The molecule has 2 N–H and O–H groups in total. The molecule has 7 nitrogen and oxygen atoms in total. The lowest BCUT2D eigenvalue weighted by atomic mass is 10.1. The number of likely N-dealkylation sites (tertiary alicyclic amines) is 1. The molecule has 1 aliphatic heterocycles. The summed E-state index contributed by atoms with van der Waals surface area (Å²) in [4.78, 5) is 23.1. The number of aromatic nitrogens is 4. The maximum absolute atomic E-state index is 12.6. The summed E-state index contributed by atoms with van der Waals surface area (Å²) in [6, 6.07) is 3.74. The monoisotopic (exact) mass is 314 g/mol. The number of nitrogens with zero attached hydrogens (tertiary/aromatic N) is 5. The summed E-state index contributed by atoms with van der Waals surface area (Å²) < 4.78 is 1.81. The molecule has 0 bridgehead atoms. The van der Waals surface area contributed by atoms with Gasteiger partial charge in [-0.25, -0.2) is 9.97 Å². The van der Waals surface area contributed by atoms with Gasteiger partial charge in [0.2, 0.25) is 5.91 Å². The molecule has 1 amide bonds. The van der Waals surface area contributed by atoms with E-state index in [1.165, 1.54) is 0 Å². The van der Waals surface area contributed by atoms with Gasteiger partial charge in [0.1, 0.15) is 11.6 Å². The molecule has 1 atom stereocenters. The van der Waals surface area contributed by atoms with Gasteiger partial charge in [0.15, 0.2) is 0 Å². The van der Waals surface area contributed by atoms with Crippen LogP contribution in [0.5, 0.6) is 0 Å². The van der Waals surface area contributed by atoms with Crippen molar-refractivity contribution in [2.75, 3.05) is 12.3 Å². The molecule has 0 spiro atoms. The van der Waals surface area contributed by atoms with E-state index in [4.69, 9.17) is 5.73 Å². The summed E-state index contributed by atoms with van der Waals surface area (Å²) in [5, 5.41) is 4.13. The fourth-order valence-corrected chi connectivity index (χ4v) is 3.18. The van der Waals surface area contributed by atoms with E-state index in [1.807, 2.05) is 29.6 Å². The van der Waals surface area contributed by atoms with Crippen LogP contribution < -0.4 is 5.73 Å². The SMILES string of the molecule is Cc1nc(N)cc(C2CCCN2C(=O)CCc2ccnn2C)n1. The summed E-state index contributed by atoms with van der Waals surface area (Å²) in [6.07, 6.45) is 4.85. The molecule has 3 heterocycles. The van der Waals surface area contributed by atoms with E-state index in [2.05, 4.69) is 15.1 Å². The lowest BCUT2D eigenvalue weighted by Gasteiger charge is -2.24. The van der Waals surface area contributed by atoms with Crippen LogP contribution in [-0.4, -0.2) is 37.1 Å². The molecule has 1 saturated heterocycles. The number of anilines is 1. The van der Waals surface area contributed by atoms with E-state index in [-0.39, 0.29) is 11.9 Å². The predicted molar refractivity (Wildman–Crippen MR) is 86.4 cm³/mol. The van der Waals surface area contributed by atoms with Crippen LogP contribution in [0.1, 0.15) is 42.5 Å². The zero-order chi connectivity index (χ0) is 16.4. The second-order valence-corrected chi connectivity index (χ2v) is 5.96. The van der Waals surface area contributed by atoms with Crippen LogP contribution in [0.3, 0.4) is 0 Å². The topological polar surface area (TPSA) is 89.9 Å². The molecular weight excluding hydrogens is 292 g/mol. The number of carbonyl (C=O) groups excluding carboxylic acids is 1. The smallest absolute Gasteiger partial charge is 0.223 e. The third-order valence-electron chi connectivity index (χ3n) is 4.31. The van der Waals surface area contributed by atoms with Crippen molar-refractivity contribution >= 4 is 11.7 Å². The Balaban J connectivity index is 1.70. The summed E-state index contributed by atoms with van der Waals surface area (Å²) in [6.45, 7) is 2.60. The number of hydrogen-bond acceptors (Lipinski definition) is 5. The largest absolute Gasteiger partial charge is 0.384 e. The quantitative estimate of drug-likeness (QED) is 0.921. The van der Waals surface area contributed by atoms with Crippen LogP contribution in [0.2, 0.25) is 0 Å². The zero-order valence-corrected chi connectivity index (χ0v) is 13.6. The Kier molecular flexibility index (Phi) is 4.27. The number of rotatable bonds is 4.